The molecule has 0 bridgehead atoms. The number of halogens is 1. The molecule has 0 aliphatic heterocycles. The van der Waals surface area contributed by atoms with Gasteiger partial charge in [0.1, 0.15) is 12.4 Å². The predicted octanol–water partition coefficient (Wildman–Crippen LogP) is 3.58. The third-order valence-corrected chi connectivity index (χ3v) is 3.05. The molecule has 2 aromatic rings. The summed E-state index contributed by atoms with van der Waals surface area (Å²) in [7, 11) is 0. The fourth-order valence-electron chi connectivity index (χ4n) is 1.68. The Bertz CT molecular complexity index is 567. The second-order valence-corrected chi connectivity index (χ2v) is 5.15. The van der Waals surface area contributed by atoms with Gasteiger partial charge in [-0.2, -0.15) is 0 Å². The fourth-order valence-corrected chi connectivity index (χ4v) is 2.21. The number of nitrogens with one attached hydrogen (secondary N) is 1. The Morgan fingerprint density at radius 1 is 1.15 bits per heavy atom. The van der Waals surface area contributed by atoms with Gasteiger partial charge in [-0.15, -0.1) is 0 Å². The van der Waals surface area contributed by atoms with Crippen LogP contribution in [-0.4, -0.2) is 11.2 Å². The van der Waals surface area contributed by atoms with Crippen LogP contribution in [0.2, 0.25) is 0 Å². The summed E-state index contributed by atoms with van der Waals surface area (Å²) in [5, 5.41) is 12.1. The van der Waals surface area contributed by atoms with E-state index in [1.807, 2.05) is 36.4 Å². The van der Waals surface area contributed by atoms with E-state index < -0.39 is 6.09 Å². The van der Waals surface area contributed by atoms with Gasteiger partial charge >= 0.3 is 6.09 Å². The van der Waals surface area contributed by atoms with Crippen LogP contribution in [0.25, 0.3) is 0 Å². The van der Waals surface area contributed by atoms with Crippen molar-refractivity contribution in [2.24, 2.45) is 0 Å². The quantitative estimate of drug-likeness (QED) is 0.897. The molecule has 0 radical (unpaired) electrons. The first-order valence-corrected chi connectivity index (χ1v) is 6.86. The number of alkyl carbamates (subject to hydrolysis) is 1. The first-order valence-electron chi connectivity index (χ1n) is 6.06. The highest BCUT2D eigenvalue weighted by Crippen LogP contribution is 2.20. The van der Waals surface area contributed by atoms with Crippen LogP contribution < -0.4 is 5.32 Å². The second kappa shape index (κ2) is 6.96. The van der Waals surface area contributed by atoms with Gasteiger partial charge in [0.2, 0.25) is 0 Å². The molecule has 0 aliphatic rings. The maximum atomic E-state index is 11.6. The Kier molecular flexibility index (Phi) is 5.01. The normalized spacial score (nSPS) is 10.1. The Hall–Kier alpha value is -2.01. The van der Waals surface area contributed by atoms with Gasteiger partial charge in [-0.05, 0) is 29.3 Å². The molecule has 0 saturated heterocycles. The van der Waals surface area contributed by atoms with Gasteiger partial charge in [-0.3, -0.25) is 0 Å². The molecule has 0 aliphatic carbocycles. The van der Waals surface area contributed by atoms with Crippen molar-refractivity contribution in [1.29, 1.82) is 0 Å². The van der Waals surface area contributed by atoms with Crippen molar-refractivity contribution in [3.05, 3.63) is 64.1 Å². The molecule has 0 spiro atoms. The second-order valence-electron chi connectivity index (χ2n) is 4.23. The third-order valence-electron chi connectivity index (χ3n) is 2.59. The largest absolute Gasteiger partial charge is 0.508 e. The van der Waals surface area contributed by atoms with E-state index in [1.165, 1.54) is 0 Å². The van der Waals surface area contributed by atoms with E-state index in [-0.39, 0.29) is 12.4 Å². The maximum Gasteiger partial charge on any atom is 0.407 e. The van der Waals surface area contributed by atoms with Crippen LogP contribution in [0.3, 0.4) is 0 Å². The monoisotopic (exact) mass is 335 g/mol. The molecule has 2 rings (SSSR count). The zero-order chi connectivity index (χ0) is 14.4. The van der Waals surface area contributed by atoms with Crippen LogP contribution in [0.1, 0.15) is 11.1 Å². The number of phenolic OH excluding ortho intramolecular Hbond substituents is 1. The molecule has 5 heteroatoms. The van der Waals surface area contributed by atoms with Gasteiger partial charge in [0.25, 0.3) is 0 Å². The van der Waals surface area contributed by atoms with Crippen LogP contribution in [0.5, 0.6) is 5.75 Å². The molecule has 0 atom stereocenters. The van der Waals surface area contributed by atoms with E-state index >= 15 is 0 Å². The highest BCUT2D eigenvalue weighted by atomic mass is 79.9. The van der Waals surface area contributed by atoms with E-state index in [2.05, 4.69) is 21.2 Å². The molecule has 104 valence electrons. The molecule has 2 aromatic carbocycles. The molecule has 0 unspecified atom stereocenters. The lowest BCUT2D eigenvalue weighted by molar-refractivity contribution is 0.139. The Balaban J connectivity index is 1.80. The van der Waals surface area contributed by atoms with Gasteiger partial charge in [0.05, 0.1) is 0 Å². The zero-order valence-corrected chi connectivity index (χ0v) is 12.3. The van der Waals surface area contributed by atoms with Gasteiger partial charge in [-0.1, -0.05) is 46.3 Å². The minimum absolute atomic E-state index is 0.147. The van der Waals surface area contributed by atoms with Gasteiger partial charge < -0.3 is 15.2 Å². The number of amides is 1. The summed E-state index contributed by atoms with van der Waals surface area (Å²) >= 11 is 3.28. The molecule has 0 aromatic heterocycles. The Labute approximate surface area is 125 Å². The molecule has 1 amide bonds. The summed E-state index contributed by atoms with van der Waals surface area (Å²) in [6.07, 6.45) is -0.492. The number of benzene rings is 2. The number of ether oxygens (including phenoxy) is 1. The minimum Gasteiger partial charge on any atom is -0.508 e. The molecule has 4 nitrogen and oxygen atoms in total. The van der Waals surface area contributed by atoms with Crippen LogP contribution in [0.15, 0.2) is 53.0 Å². The van der Waals surface area contributed by atoms with E-state index in [1.54, 1.807) is 12.1 Å². The average Bonchev–Trinajstić information content (AvgIpc) is 2.43. The first-order chi connectivity index (χ1) is 9.63. The molecular weight excluding hydrogens is 322 g/mol. The van der Waals surface area contributed by atoms with Crippen LogP contribution in [-0.2, 0) is 17.9 Å². The smallest absolute Gasteiger partial charge is 0.407 e. The topological polar surface area (TPSA) is 58.6 Å². The molecule has 0 saturated carbocycles. The fraction of sp³-hybridized carbons (Fsp3) is 0.133. The van der Waals surface area contributed by atoms with Crippen molar-refractivity contribution in [1.82, 2.24) is 5.32 Å². The predicted molar refractivity (Wildman–Crippen MR) is 79.3 cm³/mol. The number of carbonyl (C=O) groups is 1. The van der Waals surface area contributed by atoms with E-state index in [0.29, 0.717) is 6.54 Å². The summed E-state index contributed by atoms with van der Waals surface area (Å²) in [6.45, 7) is 0.525. The van der Waals surface area contributed by atoms with Crippen molar-refractivity contribution in [2.45, 2.75) is 13.2 Å². The van der Waals surface area contributed by atoms with Crippen LogP contribution in [0.4, 0.5) is 4.79 Å². The highest BCUT2D eigenvalue weighted by Gasteiger charge is 2.04. The van der Waals surface area contributed by atoms with E-state index in [9.17, 15) is 9.90 Å². The summed E-state index contributed by atoms with van der Waals surface area (Å²) in [5.41, 5.74) is 1.72. The summed E-state index contributed by atoms with van der Waals surface area (Å²) < 4.78 is 5.84. The molecule has 20 heavy (non-hydrogen) atoms. The van der Waals surface area contributed by atoms with Crippen molar-refractivity contribution < 1.29 is 14.6 Å². The summed E-state index contributed by atoms with van der Waals surface area (Å²) in [5.74, 6) is 0.147. The average molecular weight is 336 g/mol. The maximum absolute atomic E-state index is 11.6. The van der Waals surface area contributed by atoms with Crippen molar-refractivity contribution >= 4 is 22.0 Å². The molecule has 0 fully saturated rings. The SMILES string of the molecule is O=C(NCc1cc(O)cc(Br)c1)OCc1ccccc1. The molecule has 0 heterocycles. The lowest BCUT2D eigenvalue weighted by Crippen LogP contribution is -2.23. The first kappa shape index (κ1) is 14.4. The van der Waals surface area contributed by atoms with Crippen LogP contribution >= 0.6 is 15.9 Å². The lowest BCUT2D eigenvalue weighted by atomic mass is 10.2. The summed E-state index contributed by atoms with van der Waals surface area (Å²) in [4.78, 5) is 11.6. The van der Waals surface area contributed by atoms with E-state index in [0.717, 1.165) is 15.6 Å². The summed E-state index contributed by atoms with van der Waals surface area (Å²) in [6, 6.07) is 14.4. The Morgan fingerprint density at radius 2 is 1.90 bits per heavy atom. The van der Waals surface area contributed by atoms with Crippen molar-refractivity contribution in [3.8, 4) is 5.75 Å². The van der Waals surface area contributed by atoms with Crippen molar-refractivity contribution in [3.63, 3.8) is 0 Å². The van der Waals surface area contributed by atoms with E-state index in [4.69, 9.17) is 4.74 Å². The lowest BCUT2D eigenvalue weighted by Gasteiger charge is -2.08. The van der Waals surface area contributed by atoms with Crippen LogP contribution in [0, 0.1) is 0 Å². The highest BCUT2D eigenvalue weighted by molar-refractivity contribution is 9.10. The van der Waals surface area contributed by atoms with Gasteiger partial charge in [0.15, 0.2) is 0 Å². The standard InChI is InChI=1S/C15H14BrNO3/c16-13-6-12(7-14(18)8-13)9-17-15(19)20-10-11-4-2-1-3-5-11/h1-8,18H,9-10H2,(H,17,19). The number of hydrogen-bond acceptors (Lipinski definition) is 3. The van der Waals surface area contributed by atoms with Crippen molar-refractivity contribution in [2.75, 3.05) is 0 Å². The Morgan fingerprint density at radius 3 is 2.60 bits per heavy atom. The minimum atomic E-state index is -0.492. The third kappa shape index (κ3) is 4.59. The molecule has 2 N–H and O–H groups in total. The zero-order valence-electron chi connectivity index (χ0n) is 10.7. The number of hydrogen-bond donors (Lipinski definition) is 2. The number of aromatic hydroxyl groups is 1. The van der Waals surface area contributed by atoms with Gasteiger partial charge in [-0.25, -0.2) is 4.79 Å². The number of rotatable bonds is 4. The van der Waals surface area contributed by atoms with Gasteiger partial charge in [0, 0.05) is 11.0 Å². The number of carbonyl (C=O) groups excluding carboxylic acids is 1. The molecular formula is C15H14BrNO3. The number of phenols is 1.